The number of carbonyl (C=O) groups is 1. The number of benzene rings is 3. The van der Waals surface area contributed by atoms with Crippen molar-refractivity contribution < 1.29 is 4.79 Å². The number of para-hydroxylation sites is 1. The summed E-state index contributed by atoms with van der Waals surface area (Å²) in [4.78, 5) is 13.3. The monoisotopic (exact) mass is 416 g/mol. The lowest BCUT2D eigenvalue weighted by Crippen LogP contribution is -2.34. The molecule has 3 aromatic carbocycles. The maximum atomic E-state index is 12.6. The first-order chi connectivity index (χ1) is 11.6. The van der Waals surface area contributed by atoms with Gasteiger partial charge in [-0.1, -0.05) is 52.3 Å². The fourth-order valence-corrected chi connectivity index (χ4v) is 3.29. The summed E-state index contributed by atoms with van der Waals surface area (Å²) < 4.78 is 0.944. The number of hydrogen-bond donors (Lipinski definition) is 3. The molecule has 0 saturated carbocycles. The first-order valence-electron chi connectivity index (χ1n) is 7.14. The molecule has 2 N–H and O–H groups in total. The van der Waals surface area contributed by atoms with Gasteiger partial charge in [-0.05, 0) is 47.3 Å². The standard InChI is InChI=1S/C18H13BrN2OS2/c19-14-8-4-5-11-12(14)6-3-7-13(11)17(22)21-18(24)20-15-9-1-2-10-16(15)23/h1-10,23H,(H2,20,21,22,24). The van der Waals surface area contributed by atoms with Gasteiger partial charge in [0.1, 0.15) is 0 Å². The Labute approximate surface area is 159 Å². The highest BCUT2D eigenvalue weighted by molar-refractivity contribution is 9.10. The van der Waals surface area contributed by atoms with E-state index in [1.807, 2.05) is 54.6 Å². The molecule has 1 amide bonds. The van der Waals surface area contributed by atoms with Crippen molar-refractivity contribution in [3.63, 3.8) is 0 Å². The highest BCUT2D eigenvalue weighted by Gasteiger charge is 2.12. The molecule has 3 aromatic rings. The Morgan fingerprint density at radius 1 is 0.958 bits per heavy atom. The molecule has 0 bridgehead atoms. The Bertz CT molecular complexity index is 943. The fraction of sp³-hybridized carbons (Fsp3) is 0. The fourth-order valence-electron chi connectivity index (χ4n) is 2.37. The zero-order valence-corrected chi connectivity index (χ0v) is 15.7. The van der Waals surface area contributed by atoms with Gasteiger partial charge in [0.05, 0.1) is 5.69 Å². The maximum absolute atomic E-state index is 12.6. The first kappa shape index (κ1) is 17.0. The SMILES string of the molecule is O=C(NC(=S)Nc1ccccc1S)c1cccc2c(Br)cccc12. The minimum atomic E-state index is -0.257. The Kier molecular flexibility index (Phi) is 5.18. The van der Waals surface area contributed by atoms with E-state index < -0.39 is 0 Å². The van der Waals surface area contributed by atoms with Gasteiger partial charge in [-0.3, -0.25) is 10.1 Å². The quantitative estimate of drug-likeness (QED) is 0.405. The van der Waals surface area contributed by atoms with Gasteiger partial charge in [-0.15, -0.1) is 12.6 Å². The Balaban J connectivity index is 1.82. The van der Waals surface area contributed by atoms with Crippen LogP contribution in [0.15, 0.2) is 70.0 Å². The maximum Gasteiger partial charge on any atom is 0.258 e. The molecule has 0 fully saturated rings. The lowest BCUT2D eigenvalue weighted by atomic mass is 10.0. The molecule has 3 rings (SSSR count). The summed E-state index contributed by atoms with van der Waals surface area (Å²) >= 11 is 13.1. The van der Waals surface area contributed by atoms with Gasteiger partial charge in [-0.2, -0.15) is 0 Å². The summed E-state index contributed by atoms with van der Waals surface area (Å²) in [6.45, 7) is 0. The summed E-state index contributed by atoms with van der Waals surface area (Å²) in [5.41, 5.74) is 1.31. The van der Waals surface area contributed by atoms with E-state index in [0.717, 1.165) is 25.8 Å². The molecule has 3 nitrogen and oxygen atoms in total. The van der Waals surface area contributed by atoms with Gasteiger partial charge in [0.25, 0.3) is 5.91 Å². The van der Waals surface area contributed by atoms with Crippen molar-refractivity contribution in [2.75, 3.05) is 5.32 Å². The number of hydrogen-bond acceptors (Lipinski definition) is 3. The first-order valence-corrected chi connectivity index (χ1v) is 8.78. The van der Waals surface area contributed by atoms with Gasteiger partial charge < -0.3 is 5.32 Å². The van der Waals surface area contributed by atoms with Crippen molar-refractivity contribution in [2.24, 2.45) is 0 Å². The number of fused-ring (bicyclic) bond motifs is 1. The van der Waals surface area contributed by atoms with Gasteiger partial charge >= 0.3 is 0 Å². The molecule has 0 radical (unpaired) electrons. The van der Waals surface area contributed by atoms with E-state index in [9.17, 15) is 4.79 Å². The summed E-state index contributed by atoms with van der Waals surface area (Å²) in [7, 11) is 0. The van der Waals surface area contributed by atoms with Crippen molar-refractivity contribution in [1.82, 2.24) is 5.32 Å². The van der Waals surface area contributed by atoms with Crippen molar-refractivity contribution in [3.05, 3.63) is 70.7 Å². The summed E-state index contributed by atoms with van der Waals surface area (Å²) in [6, 6.07) is 18.8. The van der Waals surface area contributed by atoms with Crippen LogP contribution >= 0.6 is 40.8 Å². The summed E-state index contributed by atoms with van der Waals surface area (Å²) in [6.07, 6.45) is 0. The van der Waals surface area contributed by atoms with Gasteiger partial charge in [0.15, 0.2) is 5.11 Å². The number of rotatable bonds is 2. The van der Waals surface area contributed by atoms with Crippen LogP contribution in [0.1, 0.15) is 10.4 Å². The lowest BCUT2D eigenvalue weighted by molar-refractivity contribution is 0.0979. The number of thiol groups is 1. The molecule has 0 aliphatic heterocycles. The van der Waals surface area contributed by atoms with Crippen molar-refractivity contribution in [2.45, 2.75) is 4.90 Å². The molecule has 0 saturated heterocycles. The minimum Gasteiger partial charge on any atom is -0.331 e. The molecule has 24 heavy (non-hydrogen) atoms. The molecule has 0 atom stereocenters. The summed E-state index contributed by atoms with van der Waals surface area (Å²) in [5, 5.41) is 7.77. The molecular weight excluding hydrogens is 404 g/mol. The smallest absolute Gasteiger partial charge is 0.258 e. The second-order valence-corrected chi connectivity index (χ2v) is 6.81. The number of amides is 1. The third-order valence-electron chi connectivity index (χ3n) is 3.49. The van der Waals surface area contributed by atoms with Crippen molar-refractivity contribution in [3.8, 4) is 0 Å². The van der Waals surface area contributed by atoms with Crippen LogP contribution in [-0.4, -0.2) is 11.0 Å². The van der Waals surface area contributed by atoms with Crippen LogP contribution in [0.25, 0.3) is 10.8 Å². The molecule has 0 heterocycles. The van der Waals surface area contributed by atoms with Crippen molar-refractivity contribution >= 4 is 68.3 Å². The topological polar surface area (TPSA) is 41.1 Å². The van der Waals surface area contributed by atoms with E-state index in [4.69, 9.17) is 12.2 Å². The Morgan fingerprint density at radius 3 is 2.46 bits per heavy atom. The number of halogens is 1. The van der Waals surface area contributed by atoms with E-state index in [0.29, 0.717) is 5.56 Å². The second kappa shape index (κ2) is 7.34. The van der Waals surface area contributed by atoms with Gasteiger partial charge in [-0.25, -0.2) is 0 Å². The van der Waals surface area contributed by atoms with E-state index >= 15 is 0 Å². The highest BCUT2D eigenvalue weighted by atomic mass is 79.9. The third-order valence-corrected chi connectivity index (χ3v) is 4.78. The Hall–Kier alpha value is -1.89. The van der Waals surface area contributed by atoms with Crippen LogP contribution in [0.2, 0.25) is 0 Å². The van der Waals surface area contributed by atoms with Crippen LogP contribution in [0.3, 0.4) is 0 Å². The molecule has 0 aliphatic carbocycles. The van der Waals surface area contributed by atoms with E-state index in [1.165, 1.54) is 0 Å². The third kappa shape index (κ3) is 3.61. The van der Waals surface area contributed by atoms with Crippen LogP contribution in [0.4, 0.5) is 5.69 Å². The molecule has 120 valence electrons. The predicted molar refractivity (Wildman–Crippen MR) is 109 cm³/mol. The minimum absolute atomic E-state index is 0.230. The van der Waals surface area contributed by atoms with Crippen LogP contribution < -0.4 is 10.6 Å². The lowest BCUT2D eigenvalue weighted by Gasteiger charge is -2.12. The molecule has 0 aromatic heterocycles. The second-order valence-electron chi connectivity index (χ2n) is 5.07. The number of nitrogens with one attached hydrogen (secondary N) is 2. The van der Waals surface area contributed by atoms with Crippen LogP contribution in [0, 0.1) is 0 Å². The van der Waals surface area contributed by atoms with Gasteiger partial charge in [0, 0.05) is 14.9 Å². The average molecular weight is 417 g/mol. The molecule has 6 heteroatoms. The molecule has 0 spiro atoms. The van der Waals surface area contributed by atoms with E-state index in [-0.39, 0.29) is 11.0 Å². The van der Waals surface area contributed by atoms with E-state index in [2.05, 4.69) is 39.2 Å². The highest BCUT2D eigenvalue weighted by Crippen LogP contribution is 2.26. The van der Waals surface area contributed by atoms with E-state index in [1.54, 1.807) is 6.07 Å². The molecule has 0 unspecified atom stereocenters. The normalized spacial score (nSPS) is 10.4. The number of anilines is 1. The largest absolute Gasteiger partial charge is 0.331 e. The predicted octanol–water partition coefficient (Wildman–Crippen LogP) is 5.02. The van der Waals surface area contributed by atoms with Crippen LogP contribution in [0.5, 0.6) is 0 Å². The number of carbonyl (C=O) groups excluding carboxylic acids is 1. The summed E-state index contributed by atoms with van der Waals surface area (Å²) in [5.74, 6) is -0.257. The zero-order chi connectivity index (χ0) is 17.1. The number of thiocarbonyl (C=S) groups is 1. The van der Waals surface area contributed by atoms with Crippen molar-refractivity contribution in [1.29, 1.82) is 0 Å². The molecule has 0 aliphatic rings. The van der Waals surface area contributed by atoms with Gasteiger partial charge in [0.2, 0.25) is 0 Å². The Morgan fingerprint density at radius 2 is 1.67 bits per heavy atom. The average Bonchev–Trinajstić information content (AvgIpc) is 2.57. The zero-order valence-electron chi connectivity index (χ0n) is 12.4. The molecular formula is C18H13BrN2OS2. The van der Waals surface area contributed by atoms with Crippen LogP contribution in [-0.2, 0) is 0 Å².